The van der Waals surface area contributed by atoms with Crippen LogP contribution in [0.3, 0.4) is 0 Å². The van der Waals surface area contributed by atoms with E-state index in [4.69, 9.17) is 20.4 Å². The molecule has 2 aliphatic heterocycles. The van der Waals surface area contributed by atoms with Gasteiger partial charge in [0.1, 0.15) is 12.0 Å². The van der Waals surface area contributed by atoms with Gasteiger partial charge in [0.05, 0.1) is 5.71 Å². The Kier molecular flexibility index (Phi) is 7.87. The van der Waals surface area contributed by atoms with Crippen molar-refractivity contribution < 1.29 is 48.0 Å². The number of amides is 1. The fourth-order valence-electron chi connectivity index (χ4n) is 3.23. The second kappa shape index (κ2) is 10.0. The summed E-state index contributed by atoms with van der Waals surface area (Å²) >= 11 is 0. The van der Waals surface area contributed by atoms with Gasteiger partial charge in [-0.1, -0.05) is 6.07 Å². The highest BCUT2D eigenvalue weighted by molar-refractivity contribution is 6.13. The van der Waals surface area contributed by atoms with Gasteiger partial charge in [-0.3, -0.25) is 9.78 Å². The molecule has 0 bridgehead atoms. The third-order valence-electron chi connectivity index (χ3n) is 4.75. The minimum atomic E-state index is -4.47. The molecule has 14 heteroatoms. The number of carboxylic acid groups (broad SMARTS) is 2. The van der Waals surface area contributed by atoms with Crippen LogP contribution in [0.1, 0.15) is 12.1 Å². The van der Waals surface area contributed by atoms with Crippen LogP contribution < -0.4 is 5.32 Å². The maximum Gasteiger partial charge on any atom is 0.408 e. The van der Waals surface area contributed by atoms with E-state index >= 15 is 0 Å². The van der Waals surface area contributed by atoms with E-state index < -0.39 is 48.2 Å². The number of nitrogens with one attached hydrogen (secondary N) is 1. The van der Waals surface area contributed by atoms with E-state index in [0.29, 0.717) is 29.4 Å². The van der Waals surface area contributed by atoms with Crippen molar-refractivity contribution in [2.24, 2.45) is 10.5 Å². The van der Waals surface area contributed by atoms with Crippen LogP contribution in [0.4, 0.5) is 13.2 Å². The molecule has 176 valence electrons. The van der Waals surface area contributed by atoms with Crippen LogP contribution in [-0.4, -0.2) is 92.0 Å². The Labute approximate surface area is 179 Å². The summed E-state index contributed by atoms with van der Waals surface area (Å²) < 4.78 is 37.9. The van der Waals surface area contributed by atoms with Crippen LogP contribution in [0, 0.1) is 5.41 Å². The molecule has 0 radical (unpaired) electrons. The minimum Gasteiger partial charge on any atom is -0.479 e. The van der Waals surface area contributed by atoms with Crippen LogP contribution in [-0.2, 0) is 20.8 Å². The molecule has 0 spiro atoms. The number of fused-ring (bicyclic) bond motifs is 1. The number of hydrogen-bond acceptors (Lipinski definition) is 8. The number of pyridine rings is 1. The molecular formula is C18H21F3N4O7. The molecule has 0 aromatic carbocycles. The molecule has 3 heterocycles. The quantitative estimate of drug-likeness (QED) is 0.364. The number of hydrogen-bond donors (Lipinski definition) is 5. The number of alkyl halides is 3. The number of carboxylic acids is 2. The van der Waals surface area contributed by atoms with Crippen molar-refractivity contribution in [3.8, 4) is 0 Å². The molecule has 3 unspecified atom stereocenters. The standard InChI is InChI=1S/C14H15F3N4O.C4H6O6/c15-14(16,17)9-21-12(22)13(7-10-3-1-2-5-19-10)8-18-6-4-11(13)20-21;5-1(3(7)8)2(6)4(9)10/h1-3,5,18H,4,6-9H2;1-2,5-6H,(H,7,8)(H,9,10). The van der Waals surface area contributed by atoms with Gasteiger partial charge >= 0.3 is 18.1 Å². The van der Waals surface area contributed by atoms with Crippen LogP contribution in [0.25, 0.3) is 0 Å². The van der Waals surface area contributed by atoms with E-state index in [1.54, 1.807) is 24.4 Å². The Morgan fingerprint density at radius 1 is 1.19 bits per heavy atom. The Hall–Kier alpha value is -3.10. The zero-order valence-electron chi connectivity index (χ0n) is 16.5. The smallest absolute Gasteiger partial charge is 0.408 e. The van der Waals surface area contributed by atoms with E-state index in [9.17, 15) is 27.6 Å². The minimum absolute atomic E-state index is 0.257. The molecule has 1 fully saturated rings. The van der Waals surface area contributed by atoms with Gasteiger partial charge in [0.2, 0.25) is 0 Å². The van der Waals surface area contributed by atoms with Crippen LogP contribution in [0.2, 0.25) is 0 Å². The van der Waals surface area contributed by atoms with Crippen LogP contribution >= 0.6 is 0 Å². The number of carbonyl (C=O) groups excluding carboxylic acids is 1. The highest BCUT2D eigenvalue weighted by atomic mass is 19.4. The van der Waals surface area contributed by atoms with Gasteiger partial charge in [-0.25, -0.2) is 14.6 Å². The van der Waals surface area contributed by atoms with Gasteiger partial charge in [0, 0.05) is 37.8 Å². The largest absolute Gasteiger partial charge is 0.479 e. The highest BCUT2D eigenvalue weighted by Gasteiger charge is 2.53. The third kappa shape index (κ3) is 5.99. The summed E-state index contributed by atoms with van der Waals surface area (Å²) in [6, 6.07) is 5.31. The summed E-state index contributed by atoms with van der Waals surface area (Å²) in [5, 5.41) is 40.1. The topological polar surface area (TPSA) is 173 Å². The number of aromatic nitrogens is 1. The summed E-state index contributed by atoms with van der Waals surface area (Å²) in [5.41, 5.74) is 0.143. The second-order valence-electron chi connectivity index (χ2n) is 7.10. The molecule has 1 saturated heterocycles. The molecule has 1 amide bonds. The molecule has 1 aromatic rings. The molecule has 3 rings (SSSR count). The van der Waals surface area contributed by atoms with E-state index in [1.807, 2.05) is 0 Å². The van der Waals surface area contributed by atoms with Gasteiger partial charge in [-0.05, 0) is 12.1 Å². The zero-order valence-corrected chi connectivity index (χ0v) is 16.5. The van der Waals surface area contributed by atoms with Gasteiger partial charge < -0.3 is 25.7 Å². The summed E-state index contributed by atoms with van der Waals surface area (Å²) in [6.45, 7) is -0.454. The maximum atomic E-state index is 12.6. The van der Waals surface area contributed by atoms with Gasteiger partial charge in [0.15, 0.2) is 12.2 Å². The monoisotopic (exact) mass is 462 g/mol. The lowest BCUT2D eigenvalue weighted by Crippen LogP contribution is -2.53. The third-order valence-corrected chi connectivity index (χ3v) is 4.75. The lowest BCUT2D eigenvalue weighted by Gasteiger charge is -2.32. The number of halogens is 3. The number of rotatable bonds is 6. The fraction of sp³-hybridized carbons (Fsp3) is 0.500. The first-order chi connectivity index (χ1) is 14.9. The van der Waals surface area contributed by atoms with Crippen molar-refractivity contribution in [3.05, 3.63) is 30.1 Å². The number of aliphatic carboxylic acids is 2. The first-order valence-electron chi connectivity index (χ1n) is 9.26. The molecule has 11 nitrogen and oxygen atoms in total. The van der Waals surface area contributed by atoms with Crippen molar-refractivity contribution >= 4 is 23.6 Å². The Morgan fingerprint density at radius 2 is 1.81 bits per heavy atom. The van der Waals surface area contributed by atoms with E-state index in [1.165, 1.54) is 0 Å². The summed E-state index contributed by atoms with van der Waals surface area (Å²) in [4.78, 5) is 36.3. The molecule has 32 heavy (non-hydrogen) atoms. The molecule has 5 N–H and O–H groups in total. The number of hydrazone groups is 1. The predicted molar refractivity (Wildman–Crippen MR) is 100 cm³/mol. The molecule has 2 aliphatic rings. The predicted octanol–water partition coefficient (Wildman–Crippen LogP) is -0.758. The Bertz CT molecular complexity index is 863. The van der Waals surface area contributed by atoms with Gasteiger partial charge in [-0.2, -0.15) is 18.3 Å². The number of piperidine rings is 1. The van der Waals surface area contributed by atoms with Gasteiger partial charge in [0.25, 0.3) is 5.91 Å². The lowest BCUT2D eigenvalue weighted by atomic mass is 9.75. The van der Waals surface area contributed by atoms with Crippen molar-refractivity contribution in [2.75, 3.05) is 19.6 Å². The second-order valence-corrected chi connectivity index (χ2v) is 7.10. The zero-order chi connectivity index (χ0) is 24.1. The molecule has 0 aliphatic carbocycles. The lowest BCUT2D eigenvalue weighted by molar-refractivity contribution is -0.165. The van der Waals surface area contributed by atoms with Crippen molar-refractivity contribution in [3.63, 3.8) is 0 Å². The average molecular weight is 462 g/mol. The van der Waals surface area contributed by atoms with E-state index in [2.05, 4.69) is 15.4 Å². The first kappa shape index (κ1) is 25.2. The Morgan fingerprint density at radius 3 is 2.31 bits per heavy atom. The van der Waals surface area contributed by atoms with Gasteiger partial charge in [-0.15, -0.1) is 0 Å². The Balaban J connectivity index is 0.000000309. The molecule has 0 saturated carbocycles. The van der Waals surface area contributed by atoms with Crippen molar-refractivity contribution in [1.29, 1.82) is 0 Å². The molecule has 1 aromatic heterocycles. The molecular weight excluding hydrogens is 441 g/mol. The fourth-order valence-corrected chi connectivity index (χ4v) is 3.23. The van der Waals surface area contributed by atoms with Crippen molar-refractivity contribution in [1.82, 2.24) is 15.3 Å². The number of nitrogens with zero attached hydrogens (tertiary/aromatic N) is 3. The molecule has 3 atom stereocenters. The van der Waals surface area contributed by atoms with Crippen LogP contribution in [0.15, 0.2) is 29.5 Å². The summed E-state index contributed by atoms with van der Waals surface area (Å²) in [5.74, 6) is -4.14. The maximum absolute atomic E-state index is 12.6. The van der Waals surface area contributed by atoms with Crippen LogP contribution in [0.5, 0.6) is 0 Å². The number of aliphatic hydroxyl groups excluding tert-OH is 2. The summed E-state index contributed by atoms with van der Waals surface area (Å²) in [6.07, 6.45) is -6.67. The first-order valence-corrected chi connectivity index (χ1v) is 9.26. The SMILES string of the molecule is O=C(O)C(O)C(O)C(=O)O.O=C1N(CC(F)(F)F)N=C2CCNCC12Cc1ccccn1. The normalized spacial score (nSPS) is 22.2. The van der Waals surface area contributed by atoms with Crippen molar-refractivity contribution in [2.45, 2.75) is 31.2 Å². The average Bonchev–Trinajstić information content (AvgIpc) is 2.98. The summed E-state index contributed by atoms with van der Waals surface area (Å²) in [7, 11) is 0. The number of carbonyl (C=O) groups is 3. The highest BCUT2D eigenvalue weighted by Crippen LogP contribution is 2.37. The van der Waals surface area contributed by atoms with E-state index in [-0.39, 0.29) is 13.0 Å². The number of aliphatic hydroxyl groups is 2. The van der Waals surface area contributed by atoms with E-state index in [0.717, 1.165) is 0 Å².